The summed E-state index contributed by atoms with van der Waals surface area (Å²) in [6.07, 6.45) is -1.05. The zero-order valence-electron chi connectivity index (χ0n) is 20.1. The summed E-state index contributed by atoms with van der Waals surface area (Å²) in [5, 5.41) is 4.83. The maximum absolute atomic E-state index is 15.0. The van der Waals surface area contributed by atoms with Gasteiger partial charge in [0.05, 0.1) is 24.8 Å². The molecule has 1 fully saturated rings. The number of nitrogens with zero attached hydrogens (tertiary/aromatic N) is 5. The first kappa shape index (κ1) is 26.4. The summed E-state index contributed by atoms with van der Waals surface area (Å²) in [4.78, 5) is 43.5. The van der Waals surface area contributed by atoms with E-state index in [9.17, 15) is 23.3 Å². The SMILES string of the molecule is CCc1cc2c(C(N)=O)nn(CC(=O)N3C[C@H](F)[C@@H](OC)[C@H]3C(=O)N(F)Cc3cccc(Cl)c3)c2cn1. The Labute approximate surface area is 215 Å². The Bertz CT molecular complexity index is 1350. The number of likely N-dealkylation sites (tertiary alicyclic amines) is 1. The minimum absolute atomic E-state index is 0.0523. The number of aryl methyl sites for hydroxylation is 1. The van der Waals surface area contributed by atoms with Crippen molar-refractivity contribution in [3.8, 4) is 0 Å². The van der Waals surface area contributed by atoms with E-state index in [4.69, 9.17) is 22.1 Å². The highest BCUT2D eigenvalue weighted by Gasteiger charge is 2.50. The number of fused-ring (bicyclic) bond motifs is 1. The Morgan fingerprint density at radius 3 is 2.70 bits per heavy atom. The van der Waals surface area contributed by atoms with Crippen molar-refractivity contribution in [3.63, 3.8) is 0 Å². The topological polar surface area (TPSA) is 124 Å². The van der Waals surface area contributed by atoms with Gasteiger partial charge in [0, 0.05) is 23.2 Å². The van der Waals surface area contributed by atoms with Crippen molar-refractivity contribution in [1.82, 2.24) is 24.8 Å². The molecule has 1 aliphatic heterocycles. The van der Waals surface area contributed by atoms with Crippen molar-refractivity contribution in [3.05, 3.63) is 58.5 Å². The molecule has 196 valence electrons. The second-order valence-corrected chi connectivity index (χ2v) is 9.05. The molecule has 0 bridgehead atoms. The van der Waals surface area contributed by atoms with Gasteiger partial charge < -0.3 is 15.4 Å². The van der Waals surface area contributed by atoms with Crippen LogP contribution in [0.25, 0.3) is 10.9 Å². The smallest absolute Gasteiger partial charge is 0.276 e. The molecule has 1 aliphatic rings. The number of benzene rings is 1. The zero-order valence-corrected chi connectivity index (χ0v) is 20.9. The van der Waals surface area contributed by atoms with E-state index in [1.54, 1.807) is 24.3 Å². The fourth-order valence-corrected chi connectivity index (χ4v) is 4.65. The highest BCUT2D eigenvalue weighted by Crippen LogP contribution is 2.28. The van der Waals surface area contributed by atoms with Crippen LogP contribution in [0.2, 0.25) is 5.02 Å². The maximum atomic E-state index is 15.0. The van der Waals surface area contributed by atoms with Crippen molar-refractivity contribution < 1.29 is 28.0 Å². The van der Waals surface area contributed by atoms with Gasteiger partial charge in [-0.15, -0.1) is 0 Å². The molecule has 0 spiro atoms. The third-order valence-corrected chi connectivity index (χ3v) is 6.48. The first-order chi connectivity index (χ1) is 17.6. The number of carbonyl (C=O) groups is 3. The zero-order chi connectivity index (χ0) is 26.9. The van der Waals surface area contributed by atoms with Crippen LogP contribution in [0.3, 0.4) is 0 Å². The number of methoxy groups -OCH3 is 1. The molecule has 0 radical (unpaired) electrons. The Morgan fingerprint density at radius 2 is 2.05 bits per heavy atom. The molecule has 0 aliphatic carbocycles. The number of nitrogens with two attached hydrogens (primary N) is 1. The summed E-state index contributed by atoms with van der Waals surface area (Å²) >= 11 is 5.93. The highest BCUT2D eigenvalue weighted by molar-refractivity contribution is 6.30. The van der Waals surface area contributed by atoms with Crippen LogP contribution in [0.15, 0.2) is 36.5 Å². The van der Waals surface area contributed by atoms with E-state index in [0.717, 1.165) is 4.90 Å². The maximum Gasteiger partial charge on any atom is 0.276 e. The van der Waals surface area contributed by atoms with Crippen LogP contribution in [-0.2, 0) is 33.8 Å². The molecule has 3 heterocycles. The number of carbonyl (C=O) groups excluding carboxylic acids is 3. The van der Waals surface area contributed by atoms with E-state index in [0.29, 0.717) is 33.6 Å². The molecular weight excluding hydrogens is 510 g/mol. The highest BCUT2D eigenvalue weighted by atomic mass is 35.5. The van der Waals surface area contributed by atoms with Gasteiger partial charge in [0.25, 0.3) is 11.8 Å². The van der Waals surface area contributed by atoms with Gasteiger partial charge in [0.15, 0.2) is 5.69 Å². The van der Waals surface area contributed by atoms with Crippen LogP contribution < -0.4 is 5.73 Å². The minimum Gasteiger partial charge on any atom is -0.376 e. The summed E-state index contributed by atoms with van der Waals surface area (Å²) in [6, 6.07) is 6.36. The van der Waals surface area contributed by atoms with Crippen molar-refractivity contribution in [2.45, 2.75) is 44.8 Å². The van der Waals surface area contributed by atoms with Crippen molar-refractivity contribution >= 4 is 40.2 Å². The van der Waals surface area contributed by atoms with E-state index in [-0.39, 0.29) is 10.8 Å². The number of amides is 3. The Morgan fingerprint density at radius 1 is 1.30 bits per heavy atom. The average Bonchev–Trinajstić information content (AvgIpc) is 3.40. The molecule has 1 aromatic carbocycles. The lowest BCUT2D eigenvalue weighted by atomic mass is 10.1. The number of hydrogen-bond donors (Lipinski definition) is 1. The summed E-state index contributed by atoms with van der Waals surface area (Å²) in [5.41, 5.74) is 6.87. The van der Waals surface area contributed by atoms with Crippen molar-refractivity contribution in [2.24, 2.45) is 5.73 Å². The monoisotopic (exact) mass is 534 g/mol. The van der Waals surface area contributed by atoms with Crippen molar-refractivity contribution in [2.75, 3.05) is 13.7 Å². The van der Waals surface area contributed by atoms with Crippen molar-refractivity contribution in [1.29, 1.82) is 0 Å². The molecule has 37 heavy (non-hydrogen) atoms. The predicted octanol–water partition coefficient (Wildman–Crippen LogP) is 2.22. The molecule has 3 aromatic rings. The van der Waals surface area contributed by atoms with E-state index in [2.05, 4.69) is 10.1 Å². The third kappa shape index (κ3) is 5.25. The van der Waals surface area contributed by atoms with Crippen LogP contribution in [0, 0.1) is 0 Å². The van der Waals surface area contributed by atoms with E-state index < -0.39 is 55.7 Å². The molecule has 3 atom stereocenters. The number of halogens is 3. The Balaban J connectivity index is 1.61. The number of rotatable bonds is 8. The van der Waals surface area contributed by atoms with Gasteiger partial charge in [0.1, 0.15) is 24.9 Å². The molecule has 0 saturated carbocycles. The molecular formula is C24H25ClF2N6O4. The standard InChI is InChI=1S/C24H25ClF2N6O4/c1-3-15-8-16-18(9-29-15)33(30-20(16)23(28)35)12-19(34)31-11-17(26)22(37-2)21(31)24(36)32(27)10-13-5-4-6-14(25)7-13/h4-9,17,21-22H,3,10-12H2,1-2H3,(H2,28,35)/t17-,21-,22+/m0/s1. The van der Waals surface area contributed by atoms with Gasteiger partial charge in [-0.3, -0.25) is 24.0 Å². The van der Waals surface area contributed by atoms with Crippen LogP contribution >= 0.6 is 11.6 Å². The van der Waals surface area contributed by atoms with Crippen LogP contribution in [0.4, 0.5) is 8.87 Å². The van der Waals surface area contributed by atoms with E-state index >= 15 is 0 Å². The summed E-state index contributed by atoms with van der Waals surface area (Å²) in [7, 11) is 1.18. The average molecular weight is 535 g/mol. The Hall–Kier alpha value is -3.64. The molecule has 2 N–H and O–H groups in total. The van der Waals surface area contributed by atoms with E-state index in [1.165, 1.54) is 24.1 Å². The molecule has 4 rings (SSSR count). The van der Waals surface area contributed by atoms with Crippen LogP contribution in [0.5, 0.6) is 0 Å². The molecule has 2 aromatic heterocycles. The number of primary amides is 1. The molecule has 0 unspecified atom stereocenters. The number of ether oxygens (including phenoxy) is 1. The lowest BCUT2D eigenvalue weighted by Gasteiger charge is -2.28. The number of alkyl halides is 1. The van der Waals surface area contributed by atoms with Gasteiger partial charge >= 0.3 is 0 Å². The van der Waals surface area contributed by atoms with Gasteiger partial charge in [-0.05, 0) is 30.2 Å². The Kier molecular flexibility index (Phi) is 7.69. The summed E-state index contributed by atoms with van der Waals surface area (Å²) in [6.45, 7) is 0.475. The first-order valence-electron chi connectivity index (χ1n) is 11.5. The van der Waals surface area contributed by atoms with Gasteiger partial charge in [-0.2, -0.15) is 10.2 Å². The quantitative estimate of drug-likeness (QED) is 0.442. The van der Waals surface area contributed by atoms with Gasteiger partial charge in [0.2, 0.25) is 5.91 Å². The van der Waals surface area contributed by atoms with Crippen LogP contribution in [0.1, 0.15) is 28.7 Å². The summed E-state index contributed by atoms with van der Waals surface area (Å²) in [5.74, 6) is -2.66. The lowest BCUT2D eigenvalue weighted by molar-refractivity contribution is -0.160. The molecule has 13 heteroatoms. The molecule has 3 amide bonds. The fraction of sp³-hybridized carbons (Fsp3) is 0.375. The lowest BCUT2D eigenvalue weighted by Crippen LogP contribution is -2.51. The third-order valence-electron chi connectivity index (χ3n) is 6.24. The molecule has 10 nitrogen and oxygen atoms in total. The largest absolute Gasteiger partial charge is 0.376 e. The predicted molar refractivity (Wildman–Crippen MR) is 130 cm³/mol. The minimum atomic E-state index is -1.73. The second kappa shape index (κ2) is 10.8. The number of pyridine rings is 1. The van der Waals surface area contributed by atoms with Gasteiger partial charge in [-0.1, -0.05) is 35.1 Å². The fourth-order valence-electron chi connectivity index (χ4n) is 4.43. The normalized spacial score (nSPS) is 19.4. The first-order valence-corrected chi connectivity index (χ1v) is 11.9. The second-order valence-electron chi connectivity index (χ2n) is 8.61. The van der Waals surface area contributed by atoms with Gasteiger partial charge in [-0.25, -0.2) is 4.39 Å². The number of aromatic nitrogens is 3. The van der Waals surface area contributed by atoms with Crippen LogP contribution in [-0.4, -0.2) is 74.5 Å². The summed E-state index contributed by atoms with van der Waals surface area (Å²) < 4.78 is 36.1. The molecule has 1 saturated heterocycles. The number of hydrogen-bond acceptors (Lipinski definition) is 6. The van der Waals surface area contributed by atoms with E-state index in [1.807, 2.05) is 6.92 Å².